The molecular formula is C16H25NO3. The van der Waals surface area contributed by atoms with E-state index in [4.69, 9.17) is 4.74 Å². The van der Waals surface area contributed by atoms with Gasteiger partial charge in [0.2, 0.25) is 0 Å². The van der Waals surface area contributed by atoms with Crippen LogP contribution in [-0.4, -0.2) is 29.4 Å². The zero-order chi connectivity index (χ0) is 15.2. The van der Waals surface area contributed by atoms with Crippen molar-refractivity contribution in [2.24, 2.45) is 5.92 Å². The molecule has 0 spiro atoms. The largest absolute Gasteiger partial charge is 0.444 e. The average Bonchev–Trinajstić information content (AvgIpc) is 2.36. The topological polar surface area (TPSA) is 58.6 Å². The minimum atomic E-state index is -0.524. The van der Waals surface area contributed by atoms with Crippen LogP contribution in [-0.2, 0) is 11.2 Å². The third kappa shape index (κ3) is 6.06. The lowest BCUT2D eigenvalue weighted by molar-refractivity contribution is 0.0476. The van der Waals surface area contributed by atoms with Crippen molar-refractivity contribution in [3.8, 4) is 0 Å². The molecule has 0 aromatic heterocycles. The molecule has 1 aromatic rings. The maximum absolute atomic E-state index is 11.9. The molecular weight excluding hydrogens is 254 g/mol. The molecule has 0 aliphatic rings. The van der Waals surface area contributed by atoms with Gasteiger partial charge in [0.15, 0.2) is 0 Å². The predicted molar refractivity (Wildman–Crippen MR) is 79.6 cm³/mol. The molecule has 4 nitrogen and oxygen atoms in total. The number of amides is 1. The second-order valence-electron chi connectivity index (χ2n) is 6.10. The maximum Gasteiger partial charge on any atom is 0.407 e. The predicted octanol–water partition coefficient (Wildman–Crippen LogP) is 2.75. The molecule has 2 atom stereocenters. The quantitative estimate of drug-likeness (QED) is 0.871. The van der Waals surface area contributed by atoms with Gasteiger partial charge in [-0.3, -0.25) is 0 Å². The minimum Gasteiger partial charge on any atom is -0.444 e. The minimum absolute atomic E-state index is 0.0211. The lowest BCUT2D eigenvalue weighted by atomic mass is 9.96. The standard InChI is InChI=1S/C16H25NO3/c1-12(11-18)14(10-13-8-6-5-7-9-13)17-15(19)20-16(2,3)4/h5-9,12,14,18H,10-11H2,1-4H3,(H,17,19)/t12-,14+/m0/s1. The van der Waals surface area contributed by atoms with Gasteiger partial charge in [-0.15, -0.1) is 0 Å². The highest BCUT2D eigenvalue weighted by molar-refractivity contribution is 5.68. The van der Waals surface area contributed by atoms with Gasteiger partial charge < -0.3 is 15.2 Å². The zero-order valence-corrected chi connectivity index (χ0v) is 12.7. The molecule has 4 heteroatoms. The Labute approximate surface area is 121 Å². The highest BCUT2D eigenvalue weighted by atomic mass is 16.6. The summed E-state index contributed by atoms with van der Waals surface area (Å²) in [5.74, 6) is -0.0391. The second-order valence-corrected chi connectivity index (χ2v) is 6.10. The number of carbonyl (C=O) groups excluding carboxylic acids is 1. The lowest BCUT2D eigenvalue weighted by Gasteiger charge is -2.26. The van der Waals surface area contributed by atoms with Crippen molar-refractivity contribution in [1.29, 1.82) is 0 Å². The van der Waals surface area contributed by atoms with E-state index in [0.29, 0.717) is 6.42 Å². The molecule has 1 rings (SSSR count). The molecule has 0 heterocycles. The van der Waals surface area contributed by atoms with Crippen LogP contribution < -0.4 is 5.32 Å². The van der Waals surface area contributed by atoms with Gasteiger partial charge in [0.25, 0.3) is 0 Å². The Morgan fingerprint density at radius 3 is 2.40 bits per heavy atom. The van der Waals surface area contributed by atoms with Crippen LogP contribution in [0.25, 0.3) is 0 Å². The molecule has 20 heavy (non-hydrogen) atoms. The number of aliphatic hydroxyl groups is 1. The van der Waals surface area contributed by atoms with E-state index >= 15 is 0 Å². The van der Waals surface area contributed by atoms with Gasteiger partial charge >= 0.3 is 6.09 Å². The van der Waals surface area contributed by atoms with E-state index in [1.54, 1.807) is 0 Å². The average molecular weight is 279 g/mol. The Bertz CT molecular complexity index is 411. The van der Waals surface area contributed by atoms with E-state index in [9.17, 15) is 9.90 Å². The fraction of sp³-hybridized carbons (Fsp3) is 0.562. The third-order valence-electron chi connectivity index (χ3n) is 2.98. The zero-order valence-electron chi connectivity index (χ0n) is 12.7. The number of alkyl carbamates (subject to hydrolysis) is 1. The maximum atomic E-state index is 11.9. The Balaban J connectivity index is 2.68. The van der Waals surface area contributed by atoms with Gasteiger partial charge in [0.1, 0.15) is 5.60 Å². The summed E-state index contributed by atoms with van der Waals surface area (Å²) in [7, 11) is 0. The van der Waals surface area contributed by atoms with E-state index in [-0.39, 0.29) is 18.6 Å². The smallest absolute Gasteiger partial charge is 0.407 e. The number of rotatable bonds is 5. The van der Waals surface area contributed by atoms with Crippen LogP contribution in [0, 0.1) is 5.92 Å². The molecule has 0 fully saturated rings. The van der Waals surface area contributed by atoms with Gasteiger partial charge in [-0.05, 0) is 38.7 Å². The van der Waals surface area contributed by atoms with Gasteiger partial charge in [0, 0.05) is 12.6 Å². The van der Waals surface area contributed by atoms with Crippen molar-refractivity contribution in [2.75, 3.05) is 6.61 Å². The first kappa shape index (κ1) is 16.5. The van der Waals surface area contributed by atoms with Crippen molar-refractivity contribution in [3.05, 3.63) is 35.9 Å². The number of hydrogen-bond donors (Lipinski definition) is 2. The molecule has 0 radical (unpaired) electrons. The van der Waals surface area contributed by atoms with Crippen LogP contribution in [0.4, 0.5) is 4.79 Å². The molecule has 0 aliphatic heterocycles. The number of nitrogens with one attached hydrogen (secondary N) is 1. The molecule has 0 saturated carbocycles. The summed E-state index contributed by atoms with van der Waals surface area (Å²) in [6.07, 6.45) is 0.223. The molecule has 0 unspecified atom stereocenters. The van der Waals surface area contributed by atoms with E-state index in [2.05, 4.69) is 5.32 Å². The molecule has 0 aliphatic carbocycles. The van der Waals surface area contributed by atoms with Crippen LogP contribution >= 0.6 is 0 Å². The number of aliphatic hydroxyl groups excluding tert-OH is 1. The van der Waals surface area contributed by atoms with Crippen molar-refractivity contribution >= 4 is 6.09 Å². The van der Waals surface area contributed by atoms with Gasteiger partial charge in [-0.25, -0.2) is 4.79 Å². The first-order valence-corrected chi connectivity index (χ1v) is 6.96. The number of hydrogen-bond acceptors (Lipinski definition) is 3. The summed E-state index contributed by atoms with van der Waals surface area (Å²) in [6, 6.07) is 9.74. The SMILES string of the molecule is C[C@@H](CO)[C@@H](Cc1ccccc1)NC(=O)OC(C)(C)C. The Hall–Kier alpha value is -1.55. The first-order chi connectivity index (χ1) is 9.31. The molecule has 0 bridgehead atoms. The molecule has 0 saturated heterocycles. The summed E-state index contributed by atoms with van der Waals surface area (Å²) in [4.78, 5) is 11.9. The van der Waals surface area contributed by atoms with Crippen molar-refractivity contribution < 1.29 is 14.6 Å². The monoisotopic (exact) mass is 279 g/mol. The van der Waals surface area contributed by atoms with Crippen molar-refractivity contribution in [3.63, 3.8) is 0 Å². The fourth-order valence-electron chi connectivity index (χ4n) is 1.85. The van der Waals surface area contributed by atoms with Gasteiger partial charge in [0.05, 0.1) is 0 Å². The number of carbonyl (C=O) groups is 1. The summed E-state index contributed by atoms with van der Waals surface area (Å²) in [5.41, 5.74) is 0.595. The number of benzene rings is 1. The molecule has 1 amide bonds. The molecule has 1 aromatic carbocycles. The summed E-state index contributed by atoms with van der Waals surface area (Å²) in [5, 5.41) is 12.2. The van der Waals surface area contributed by atoms with Crippen molar-refractivity contribution in [1.82, 2.24) is 5.32 Å². The second kappa shape index (κ2) is 7.29. The Morgan fingerprint density at radius 2 is 1.90 bits per heavy atom. The van der Waals surface area contributed by atoms with Crippen LogP contribution in [0.2, 0.25) is 0 Å². The first-order valence-electron chi connectivity index (χ1n) is 6.96. The highest BCUT2D eigenvalue weighted by Gasteiger charge is 2.23. The normalized spacial score (nSPS) is 14.4. The Morgan fingerprint density at radius 1 is 1.30 bits per heavy atom. The summed E-state index contributed by atoms with van der Waals surface area (Å²) in [6.45, 7) is 7.41. The van der Waals surface area contributed by atoms with Crippen molar-refractivity contribution in [2.45, 2.75) is 45.8 Å². The third-order valence-corrected chi connectivity index (χ3v) is 2.98. The summed E-state index contributed by atoms with van der Waals surface area (Å²) < 4.78 is 5.27. The van der Waals surface area contributed by atoms with Crippen LogP contribution in [0.3, 0.4) is 0 Å². The van der Waals surface area contributed by atoms with E-state index in [0.717, 1.165) is 5.56 Å². The van der Waals surface area contributed by atoms with E-state index < -0.39 is 11.7 Å². The van der Waals surface area contributed by atoms with Crippen LogP contribution in [0.15, 0.2) is 30.3 Å². The van der Waals surface area contributed by atoms with Crippen LogP contribution in [0.1, 0.15) is 33.3 Å². The highest BCUT2D eigenvalue weighted by Crippen LogP contribution is 2.12. The molecule has 112 valence electrons. The van der Waals surface area contributed by atoms with E-state index in [1.807, 2.05) is 58.0 Å². The summed E-state index contributed by atoms with van der Waals surface area (Å²) >= 11 is 0. The van der Waals surface area contributed by atoms with E-state index in [1.165, 1.54) is 0 Å². The van der Waals surface area contributed by atoms with Crippen LogP contribution in [0.5, 0.6) is 0 Å². The molecule has 2 N–H and O–H groups in total. The fourth-order valence-corrected chi connectivity index (χ4v) is 1.85. The van der Waals surface area contributed by atoms with Gasteiger partial charge in [-0.1, -0.05) is 37.3 Å². The lowest BCUT2D eigenvalue weighted by Crippen LogP contribution is -2.44. The van der Waals surface area contributed by atoms with Gasteiger partial charge in [-0.2, -0.15) is 0 Å². The number of ether oxygens (including phenoxy) is 1. The Kier molecular flexibility index (Phi) is 6.02.